The molecule has 4 amide bonds. The Bertz CT molecular complexity index is 1700. The number of hydrogen-bond acceptors (Lipinski definition) is 6. The number of aliphatic imine (C=N–C) groups is 1. The normalized spacial score (nSPS) is 10.6. The summed E-state index contributed by atoms with van der Waals surface area (Å²) in [4.78, 5) is 63.8. The fraction of sp³-hybridized carbons (Fsp3) is 0.222. The number of nitrogens with zero attached hydrogens (tertiary/aromatic N) is 2. The Morgan fingerprint density at radius 3 is 1.70 bits per heavy atom. The maximum Gasteiger partial charge on any atom is 0.274 e. The lowest BCUT2D eigenvalue weighted by atomic mass is 10.2. The van der Waals surface area contributed by atoms with E-state index in [1.54, 1.807) is 50.8 Å². The average Bonchev–Trinajstić information content (AvgIpc) is 3.75. The van der Waals surface area contributed by atoms with E-state index < -0.39 is 11.8 Å². The molecule has 0 saturated heterocycles. The Hall–Kier alpha value is -5.93. The summed E-state index contributed by atoms with van der Waals surface area (Å²) < 4.78 is 1.57. The quantitative estimate of drug-likeness (QED) is 0.0697. The third kappa shape index (κ3) is 6.53. The summed E-state index contributed by atoms with van der Waals surface area (Å²) in [6, 6.07) is 3.40. The Morgan fingerprint density at radius 1 is 0.767 bits per heavy atom. The lowest BCUT2D eigenvalue weighted by Crippen LogP contribution is -2.29. The molecular weight excluding hydrogens is 556 g/mol. The van der Waals surface area contributed by atoms with Crippen molar-refractivity contribution in [3.8, 4) is 0 Å². The molecule has 4 aromatic heterocycles. The number of aromatic amines is 3. The van der Waals surface area contributed by atoms with Crippen LogP contribution in [0.1, 0.15) is 58.6 Å². The largest absolute Gasteiger partial charge is 0.370 e. The number of hydrogen-bond donors (Lipinski definition) is 10. The number of carbonyl (C=O) groups excluding carboxylic acids is 4. The summed E-state index contributed by atoms with van der Waals surface area (Å²) in [7, 11) is 1.69. The first-order valence-corrected chi connectivity index (χ1v) is 13.2. The summed E-state index contributed by atoms with van der Waals surface area (Å²) in [6.45, 7) is 5.55. The summed E-state index contributed by atoms with van der Waals surface area (Å²) in [5.41, 5.74) is 17.4. The van der Waals surface area contributed by atoms with Gasteiger partial charge in [0.1, 0.15) is 22.8 Å². The number of anilines is 3. The molecule has 0 spiro atoms. The van der Waals surface area contributed by atoms with Crippen LogP contribution in [0.2, 0.25) is 0 Å². The number of H-pyrrole nitrogens is 3. The predicted molar refractivity (Wildman–Crippen MR) is 163 cm³/mol. The molecule has 0 saturated carbocycles. The average molecular weight is 591 g/mol. The molecule has 4 aromatic rings. The second-order valence-electron chi connectivity index (χ2n) is 9.52. The maximum absolute atomic E-state index is 13.1. The number of rotatable bonds is 11. The van der Waals surface area contributed by atoms with Gasteiger partial charge in [-0.05, 0) is 32.9 Å². The van der Waals surface area contributed by atoms with Gasteiger partial charge in [-0.2, -0.15) is 0 Å². The SMILES string of the molecule is CNn1cccc1C(=O)Nc1c[nH]c(C(=O)Nc2c[nH]c(C(=O)Nc3c[nH]c(C(=O)NCCN=C(N)N)c3C)c2C)c1C. The van der Waals surface area contributed by atoms with Crippen molar-refractivity contribution >= 4 is 46.7 Å². The van der Waals surface area contributed by atoms with Gasteiger partial charge in [0.25, 0.3) is 23.6 Å². The van der Waals surface area contributed by atoms with E-state index in [2.05, 4.69) is 46.6 Å². The number of guanidine groups is 1. The number of carbonyl (C=O) groups is 4. The number of nitrogens with one attached hydrogen (secondary N) is 8. The predicted octanol–water partition coefficient (Wildman–Crippen LogP) is 1.33. The highest BCUT2D eigenvalue weighted by molar-refractivity contribution is 6.10. The van der Waals surface area contributed by atoms with E-state index >= 15 is 0 Å². The molecule has 0 unspecified atom stereocenters. The summed E-state index contributed by atoms with van der Waals surface area (Å²) in [5.74, 6) is -1.71. The lowest BCUT2D eigenvalue weighted by molar-refractivity contribution is 0.0947. The van der Waals surface area contributed by atoms with E-state index in [0.717, 1.165) is 0 Å². The van der Waals surface area contributed by atoms with Gasteiger partial charge in [-0.15, -0.1) is 0 Å². The molecule has 4 heterocycles. The Morgan fingerprint density at radius 2 is 1.23 bits per heavy atom. The number of aromatic nitrogens is 4. The van der Waals surface area contributed by atoms with E-state index in [0.29, 0.717) is 39.4 Å². The zero-order valence-corrected chi connectivity index (χ0v) is 24.1. The molecule has 0 atom stereocenters. The van der Waals surface area contributed by atoms with Gasteiger partial charge in [0.05, 0.1) is 23.6 Å². The van der Waals surface area contributed by atoms with Crippen LogP contribution in [0, 0.1) is 20.8 Å². The van der Waals surface area contributed by atoms with Crippen molar-refractivity contribution in [1.82, 2.24) is 24.9 Å². The van der Waals surface area contributed by atoms with Crippen molar-refractivity contribution in [3.63, 3.8) is 0 Å². The van der Waals surface area contributed by atoms with Crippen molar-refractivity contribution < 1.29 is 19.2 Å². The Labute approximate surface area is 246 Å². The first-order chi connectivity index (χ1) is 20.5. The number of amides is 4. The van der Waals surface area contributed by atoms with Gasteiger partial charge < -0.3 is 53.1 Å². The van der Waals surface area contributed by atoms with Crippen LogP contribution in [0.4, 0.5) is 17.1 Å². The van der Waals surface area contributed by atoms with Gasteiger partial charge in [0, 0.05) is 55.1 Å². The lowest BCUT2D eigenvalue weighted by Gasteiger charge is -2.09. The van der Waals surface area contributed by atoms with Crippen LogP contribution in [-0.4, -0.2) is 69.4 Å². The summed E-state index contributed by atoms with van der Waals surface area (Å²) in [5, 5.41) is 11.0. The van der Waals surface area contributed by atoms with Crippen molar-refractivity contribution in [2.75, 3.05) is 41.5 Å². The van der Waals surface area contributed by atoms with Crippen LogP contribution < -0.4 is 38.2 Å². The molecule has 0 radical (unpaired) electrons. The van der Waals surface area contributed by atoms with Crippen LogP contribution in [0.5, 0.6) is 0 Å². The molecule has 0 aliphatic carbocycles. The van der Waals surface area contributed by atoms with Gasteiger partial charge >= 0.3 is 0 Å². The smallest absolute Gasteiger partial charge is 0.274 e. The molecule has 0 fully saturated rings. The molecule has 0 aliphatic heterocycles. The molecule has 16 heteroatoms. The van der Waals surface area contributed by atoms with Crippen LogP contribution in [0.3, 0.4) is 0 Å². The van der Waals surface area contributed by atoms with E-state index in [-0.39, 0.29) is 47.9 Å². The fourth-order valence-corrected chi connectivity index (χ4v) is 4.34. The maximum atomic E-state index is 13.1. The highest BCUT2D eigenvalue weighted by Crippen LogP contribution is 2.25. The van der Waals surface area contributed by atoms with E-state index in [1.165, 1.54) is 18.6 Å². The van der Waals surface area contributed by atoms with Crippen molar-refractivity contribution in [3.05, 3.63) is 76.4 Å². The number of nitrogens with two attached hydrogens (primary N) is 2. The molecular formula is C27H34N12O4. The molecule has 226 valence electrons. The molecule has 4 rings (SSSR count). The summed E-state index contributed by atoms with van der Waals surface area (Å²) >= 11 is 0. The minimum atomic E-state index is -0.466. The molecule has 0 aliphatic rings. The van der Waals surface area contributed by atoms with Gasteiger partial charge in [-0.1, -0.05) is 0 Å². The molecule has 0 bridgehead atoms. The third-order valence-corrected chi connectivity index (χ3v) is 6.76. The second kappa shape index (κ2) is 12.7. The monoisotopic (exact) mass is 590 g/mol. The highest BCUT2D eigenvalue weighted by atomic mass is 16.2. The van der Waals surface area contributed by atoms with Crippen molar-refractivity contribution in [1.29, 1.82) is 0 Å². The van der Waals surface area contributed by atoms with Crippen LogP contribution in [-0.2, 0) is 0 Å². The zero-order valence-electron chi connectivity index (χ0n) is 24.1. The molecule has 43 heavy (non-hydrogen) atoms. The Kier molecular flexibility index (Phi) is 8.88. The molecule has 12 N–H and O–H groups in total. The first-order valence-electron chi connectivity index (χ1n) is 13.2. The van der Waals surface area contributed by atoms with E-state index in [9.17, 15) is 19.2 Å². The van der Waals surface area contributed by atoms with Gasteiger partial charge in [-0.25, -0.2) is 0 Å². The minimum absolute atomic E-state index is 0.0656. The van der Waals surface area contributed by atoms with E-state index in [4.69, 9.17) is 11.5 Å². The van der Waals surface area contributed by atoms with Gasteiger partial charge in [-0.3, -0.25) is 28.8 Å². The Balaban J connectivity index is 1.39. The minimum Gasteiger partial charge on any atom is -0.370 e. The van der Waals surface area contributed by atoms with Crippen LogP contribution in [0.25, 0.3) is 0 Å². The van der Waals surface area contributed by atoms with Gasteiger partial charge in [0.2, 0.25) is 0 Å². The summed E-state index contributed by atoms with van der Waals surface area (Å²) in [6.07, 6.45) is 6.27. The van der Waals surface area contributed by atoms with Gasteiger partial charge in [0.15, 0.2) is 5.96 Å². The van der Waals surface area contributed by atoms with Crippen LogP contribution in [0.15, 0.2) is 41.9 Å². The first kappa shape index (κ1) is 30.0. The zero-order chi connectivity index (χ0) is 31.3. The molecule has 0 aromatic carbocycles. The van der Waals surface area contributed by atoms with E-state index in [1.807, 2.05) is 0 Å². The van der Waals surface area contributed by atoms with Crippen molar-refractivity contribution in [2.45, 2.75) is 20.8 Å². The fourth-order valence-electron chi connectivity index (χ4n) is 4.34. The van der Waals surface area contributed by atoms with Crippen molar-refractivity contribution in [2.24, 2.45) is 16.5 Å². The topological polar surface area (TPSA) is 245 Å². The standard InChI is InChI=1S/C27H34N12O4/c1-13-17(11-33-20(13)24(41)31-7-8-32-27(28)29)37-26(43)22-15(3)18(12-35-22)38-25(42)21-14(2)16(10-34-21)36-23(40)19-6-5-9-39(19)30-4/h5-6,9-12,30,33-35H,7-8H2,1-4H3,(H,31,41)(H,36,40)(H,37,43)(H,38,42)(H4,28,29,32). The van der Waals surface area contributed by atoms with Crippen LogP contribution >= 0.6 is 0 Å². The highest BCUT2D eigenvalue weighted by Gasteiger charge is 2.22. The molecule has 16 nitrogen and oxygen atoms in total. The second-order valence-corrected chi connectivity index (χ2v) is 9.52. The third-order valence-electron chi connectivity index (χ3n) is 6.76.